The minimum absolute atomic E-state index is 0.819. The summed E-state index contributed by atoms with van der Waals surface area (Å²) in [5.41, 5.74) is 0. The van der Waals surface area contributed by atoms with E-state index in [0.717, 1.165) is 41.7 Å². The average molecular weight is 848 g/mol. The Kier molecular flexibility index (Phi) is 17.4. The van der Waals surface area contributed by atoms with Gasteiger partial charge >= 0.3 is 29.8 Å². The number of carbonyl (C=O) groups is 6. The van der Waals surface area contributed by atoms with E-state index in [4.69, 9.17) is 47.4 Å². The lowest BCUT2D eigenvalue weighted by Gasteiger charge is -2.53. The van der Waals surface area contributed by atoms with Crippen molar-refractivity contribution in [3.63, 3.8) is 0 Å². The number of aliphatic hydroxyl groups excluding tert-OH is 7. The van der Waals surface area contributed by atoms with Gasteiger partial charge in [-0.15, -0.1) is 0 Å². The molecule has 326 valence electrons. The van der Waals surface area contributed by atoms with Crippen molar-refractivity contribution in [2.45, 2.75) is 138 Å². The molecule has 1 amide bonds. The van der Waals surface area contributed by atoms with Crippen LogP contribution in [0.1, 0.15) is 34.6 Å². The van der Waals surface area contributed by atoms with Gasteiger partial charge in [0.2, 0.25) is 5.91 Å². The van der Waals surface area contributed by atoms with Crippen LogP contribution in [0, 0.1) is 0 Å². The van der Waals surface area contributed by atoms with Crippen LogP contribution >= 0.6 is 12.6 Å². The molecule has 0 aromatic carbocycles. The van der Waals surface area contributed by atoms with Crippen molar-refractivity contribution in [2.75, 3.05) is 26.9 Å². The number of aliphatic hydroxyl groups is 7. The molecule has 3 rings (SSSR count). The smallest absolute Gasteiger partial charge is 0.368 e. The SMILES string of the molecule is COC(=O)[C@@]1(O[C@H]2[C@@H](O)[C@@H](CO)O[C@@H](O[C@H]3[C@H](O)[C@@H](O)[C@H](O)O[C@@H]3CO)[C@@H]2O)O[C@@H]([C@H](OC(C)=O)[C@@H](COC(C)=O)OC(C)=O)[C@H](NC(C)=O)[C@@H](OC(C)=O)[C@@H]1S. The van der Waals surface area contributed by atoms with Gasteiger partial charge < -0.3 is 88.4 Å². The fraction of sp³-hybridized carbons (Fsp3) is 0.812. The number of hydrogen-bond acceptors (Lipinski definition) is 24. The number of ether oxygens (including phenoxy) is 10. The fourth-order valence-electron chi connectivity index (χ4n) is 6.45. The van der Waals surface area contributed by atoms with Gasteiger partial charge in [0.1, 0.15) is 72.9 Å². The van der Waals surface area contributed by atoms with Crippen molar-refractivity contribution >= 4 is 48.4 Å². The molecule has 57 heavy (non-hydrogen) atoms. The summed E-state index contributed by atoms with van der Waals surface area (Å²) < 4.78 is 54.9. The Labute approximate surface area is 329 Å². The fourth-order valence-corrected chi connectivity index (χ4v) is 6.93. The lowest BCUT2D eigenvalue weighted by molar-refractivity contribution is -0.384. The van der Waals surface area contributed by atoms with Crippen molar-refractivity contribution in [3.8, 4) is 0 Å². The molecule has 0 radical (unpaired) electrons. The van der Waals surface area contributed by atoms with E-state index in [2.05, 4.69) is 17.9 Å². The maximum absolute atomic E-state index is 14.0. The number of carbonyl (C=O) groups excluding carboxylic acids is 6. The molecule has 3 heterocycles. The first-order valence-corrected chi connectivity index (χ1v) is 17.8. The lowest BCUT2D eigenvalue weighted by Crippen LogP contribution is -2.76. The molecule has 24 nitrogen and oxygen atoms in total. The maximum Gasteiger partial charge on any atom is 0.368 e. The Balaban J connectivity index is 2.25. The highest BCUT2D eigenvalue weighted by Gasteiger charge is 2.66. The molecule has 3 saturated heterocycles. The normalized spacial score (nSPS) is 37.8. The summed E-state index contributed by atoms with van der Waals surface area (Å²) in [7, 11) is 0.831. The second-order valence-electron chi connectivity index (χ2n) is 13.1. The van der Waals surface area contributed by atoms with Crippen LogP contribution in [0.4, 0.5) is 0 Å². The standard InChI is InChI=1S/C32H49NO23S/c1-10(36)33-18-25(24(50-13(4)39)17(49-12(3)38)9-48-11(2)37)55-32(31(46)47-6,28(57)26(18)51-14(5)40)56-27-19(41)15(7-34)53-30(22(27)44)54-23-16(8-35)52-29(45)21(43)20(23)42/h15-30,34-35,41-45,57H,7-9H2,1-6H3,(H,33,36)/t15-,16-,17-,18+,19+,20-,21-,22-,23-,24-,25-,26-,27+,28+,29-,30+,32-/m1/s1. The molecule has 3 aliphatic rings. The molecule has 0 aliphatic carbocycles. The zero-order valence-electron chi connectivity index (χ0n) is 31.5. The summed E-state index contributed by atoms with van der Waals surface area (Å²) >= 11 is 4.48. The van der Waals surface area contributed by atoms with E-state index in [-0.39, 0.29) is 0 Å². The highest BCUT2D eigenvalue weighted by Crippen LogP contribution is 2.42. The summed E-state index contributed by atoms with van der Waals surface area (Å²) in [6, 6.07) is -1.69. The Bertz CT molecular complexity index is 1440. The van der Waals surface area contributed by atoms with Crippen molar-refractivity contribution in [1.82, 2.24) is 5.32 Å². The van der Waals surface area contributed by atoms with Crippen LogP contribution in [0.15, 0.2) is 0 Å². The molecular formula is C32H49NO23S. The Morgan fingerprint density at radius 2 is 1.37 bits per heavy atom. The van der Waals surface area contributed by atoms with E-state index in [0.29, 0.717) is 0 Å². The van der Waals surface area contributed by atoms with Crippen molar-refractivity contribution in [2.24, 2.45) is 0 Å². The van der Waals surface area contributed by atoms with Crippen molar-refractivity contribution in [3.05, 3.63) is 0 Å². The van der Waals surface area contributed by atoms with Crippen LogP contribution in [0.3, 0.4) is 0 Å². The van der Waals surface area contributed by atoms with Gasteiger partial charge in [0, 0.05) is 34.6 Å². The molecule has 0 saturated carbocycles. The Morgan fingerprint density at radius 1 is 0.754 bits per heavy atom. The second kappa shape index (κ2) is 20.6. The van der Waals surface area contributed by atoms with Gasteiger partial charge in [0.05, 0.1) is 26.4 Å². The molecule has 17 atom stereocenters. The average Bonchev–Trinajstić information content (AvgIpc) is 3.13. The Hall–Kier alpha value is -3.31. The van der Waals surface area contributed by atoms with E-state index in [1.165, 1.54) is 0 Å². The first-order valence-electron chi connectivity index (χ1n) is 17.3. The van der Waals surface area contributed by atoms with E-state index in [1.54, 1.807) is 0 Å². The third kappa shape index (κ3) is 11.3. The second-order valence-corrected chi connectivity index (χ2v) is 13.7. The van der Waals surface area contributed by atoms with Crippen LogP contribution in [-0.2, 0) is 76.1 Å². The first-order chi connectivity index (χ1) is 26.6. The highest BCUT2D eigenvalue weighted by molar-refractivity contribution is 7.81. The molecule has 8 N–H and O–H groups in total. The largest absolute Gasteiger partial charge is 0.465 e. The van der Waals surface area contributed by atoms with Crippen LogP contribution in [0.5, 0.6) is 0 Å². The molecule has 0 unspecified atom stereocenters. The molecule has 25 heteroatoms. The minimum Gasteiger partial charge on any atom is -0.465 e. The summed E-state index contributed by atoms with van der Waals surface area (Å²) in [6.07, 6.45) is -27.4. The molecule has 0 spiro atoms. The minimum atomic E-state index is -3.13. The summed E-state index contributed by atoms with van der Waals surface area (Å²) in [4.78, 5) is 75.9. The van der Waals surface area contributed by atoms with Gasteiger partial charge in [-0.2, -0.15) is 12.6 Å². The number of rotatable bonds is 15. The number of methoxy groups -OCH3 is 1. The van der Waals surface area contributed by atoms with E-state index in [9.17, 15) is 64.5 Å². The van der Waals surface area contributed by atoms with E-state index < -0.39 is 158 Å². The zero-order valence-corrected chi connectivity index (χ0v) is 32.4. The van der Waals surface area contributed by atoms with Gasteiger partial charge in [0.25, 0.3) is 5.79 Å². The highest BCUT2D eigenvalue weighted by atomic mass is 32.1. The third-order valence-electron chi connectivity index (χ3n) is 8.89. The van der Waals surface area contributed by atoms with Gasteiger partial charge in [-0.1, -0.05) is 0 Å². The predicted octanol–water partition coefficient (Wildman–Crippen LogP) is -5.94. The number of thiol groups is 1. The topological polar surface area (TPSA) is 348 Å². The number of nitrogens with one attached hydrogen (secondary N) is 1. The van der Waals surface area contributed by atoms with Crippen LogP contribution in [0.2, 0.25) is 0 Å². The predicted molar refractivity (Wildman–Crippen MR) is 181 cm³/mol. The van der Waals surface area contributed by atoms with Gasteiger partial charge in [0.15, 0.2) is 24.8 Å². The first kappa shape index (κ1) is 48.1. The number of amides is 1. The van der Waals surface area contributed by atoms with Crippen LogP contribution < -0.4 is 5.32 Å². The van der Waals surface area contributed by atoms with Gasteiger partial charge in [-0.05, 0) is 0 Å². The zero-order chi connectivity index (χ0) is 43.1. The van der Waals surface area contributed by atoms with Gasteiger partial charge in [-0.3, -0.25) is 24.0 Å². The van der Waals surface area contributed by atoms with Crippen LogP contribution in [-0.4, -0.2) is 201 Å². The number of hydrogen-bond donors (Lipinski definition) is 9. The molecule has 0 bridgehead atoms. The molecule has 0 aromatic rings. The monoisotopic (exact) mass is 847 g/mol. The summed E-state index contributed by atoms with van der Waals surface area (Å²) in [6.45, 7) is 2.05. The molecular weight excluding hydrogens is 798 g/mol. The van der Waals surface area contributed by atoms with E-state index in [1.807, 2.05) is 0 Å². The third-order valence-corrected chi connectivity index (χ3v) is 9.52. The summed E-state index contributed by atoms with van der Waals surface area (Å²) in [5, 5.41) is 74.2. The van der Waals surface area contributed by atoms with Crippen molar-refractivity contribution < 1.29 is 112 Å². The molecule has 3 aliphatic heterocycles. The number of esters is 5. The quantitative estimate of drug-likeness (QED) is 0.0421. The van der Waals surface area contributed by atoms with Crippen molar-refractivity contribution in [1.29, 1.82) is 0 Å². The van der Waals surface area contributed by atoms with Gasteiger partial charge in [-0.25, -0.2) is 4.79 Å². The maximum atomic E-state index is 14.0. The Morgan fingerprint density at radius 3 is 1.88 bits per heavy atom. The van der Waals surface area contributed by atoms with Crippen LogP contribution in [0.25, 0.3) is 0 Å². The lowest BCUT2D eigenvalue weighted by atomic mass is 9.87. The summed E-state index contributed by atoms with van der Waals surface area (Å²) in [5.74, 6) is -9.52. The van der Waals surface area contributed by atoms with E-state index >= 15 is 0 Å². The molecule has 0 aromatic heterocycles. The molecule has 3 fully saturated rings.